The van der Waals surface area contributed by atoms with E-state index >= 15 is 0 Å². The van der Waals surface area contributed by atoms with Crippen LogP contribution in [0.15, 0.2) is 134 Å². The van der Waals surface area contributed by atoms with Crippen molar-refractivity contribution in [2.75, 3.05) is 27.7 Å². The summed E-state index contributed by atoms with van der Waals surface area (Å²) < 4.78 is 141. The fraction of sp³-hybridized carbons (Fsp3) is 0.250. The van der Waals surface area contributed by atoms with Gasteiger partial charge in [0, 0.05) is 91.5 Å². The van der Waals surface area contributed by atoms with Crippen molar-refractivity contribution >= 4 is 102 Å². The summed E-state index contributed by atoms with van der Waals surface area (Å²) in [5.41, 5.74) is 19.4. The standard InChI is InChI=1S/C21H21F2N3O3S.C18H15F2N3O.C12H10F2N2O.C6H6IN.C3H7ClO2S/c1-3-11-30(27,28)25-15-7-5-14(6-8-15)20-18(13-24)17-10-9-16(29-21(22)23)12-19(17)26(20)4-2;1-2-23-16-9-13(24-18(19)20)7-8-14(16)15(10-21)17(23)11-3-5-12(22)6-4-11;1-2-16-7-8(6-15)10-4-3-9(5-11(10)16)17-12(13)14;7-5-1-3-6(8)4-2-5;1-2-3-7(4,5)6/h5-10,12,21,25H,3-4,11H2,1-2H3;3-9,18H,2,22H2,1H3;3-5,7,12H,2H2,1H3;1-4H,8H2;2-3H2,1H3. The van der Waals surface area contributed by atoms with Gasteiger partial charge in [-0.05, 0) is 152 Å². The van der Waals surface area contributed by atoms with E-state index in [1.54, 1.807) is 74.6 Å². The highest BCUT2D eigenvalue weighted by Crippen LogP contribution is 2.38. The number of anilines is 3. The third kappa shape index (κ3) is 18.9. The molecule has 0 fully saturated rings. The van der Waals surface area contributed by atoms with Gasteiger partial charge in [0.05, 0.1) is 56.1 Å². The monoisotopic (exact) mass is 1360 g/mol. The fourth-order valence-electron chi connectivity index (χ4n) is 8.84. The van der Waals surface area contributed by atoms with Crippen LogP contribution in [-0.2, 0) is 38.7 Å². The molecule has 0 saturated heterocycles. The minimum atomic E-state index is -3.41. The van der Waals surface area contributed by atoms with E-state index in [0.717, 1.165) is 27.8 Å². The topological polar surface area (TPSA) is 246 Å². The molecule has 0 radical (unpaired) electrons. The largest absolute Gasteiger partial charge is 0.435 e. The van der Waals surface area contributed by atoms with Crippen LogP contribution in [0.4, 0.5) is 43.4 Å². The molecule has 26 heteroatoms. The summed E-state index contributed by atoms with van der Waals surface area (Å²) in [7, 11) is -1.80. The van der Waals surface area contributed by atoms with Crippen molar-refractivity contribution < 1.29 is 57.4 Å². The summed E-state index contributed by atoms with van der Waals surface area (Å²) >= 11 is 2.24. The molecule has 454 valence electrons. The van der Waals surface area contributed by atoms with E-state index in [9.17, 15) is 53.7 Å². The molecule has 9 rings (SSSR count). The van der Waals surface area contributed by atoms with Gasteiger partial charge in [-0.1, -0.05) is 38.1 Å². The van der Waals surface area contributed by atoms with E-state index in [2.05, 4.69) is 59.7 Å². The van der Waals surface area contributed by atoms with Gasteiger partial charge in [0.15, 0.2) is 0 Å². The van der Waals surface area contributed by atoms with Gasteiger partial charge in [0.2, 0.25) is 19.1 Å². The van der Waals surface area contributed by atoms with Crippen molar-refractivity contribution in [3.8, 4) is 58.0 Å². The first-order valence-electron chi connectivity index (χ1n) is 26.2. The van der Waals surface area contributed by atoms with Crippen LogP contribution in [0, 0.1) is 37.6 Å². The maximum atomic E-state index is 12.6. The number of sulfonamides is 1. The molecule has 0 bridgehead atoms. The summed E-state index contributed by atoms with van der Waals surface area (Å²) in [4.78, 5) is 0. The summed E-state index contributed by atoms with van der Waals surface area (Å²) in [6, 6.07) is 41.9. The highest BCUT2D eigenvalue weighted by molar-refractivity contribution is 14.1. The van der Waals surface area contributed by atoms with Crippen LogP contribution in [0.2, 0.25) is 0 Å². The predicted molar refractivity (Wildman–Crippen MR) is 333 cm³/mol. The highest BCUT2D eigenvalue weighted by atomic mass is 127. The third-order valence-electron chi connectivity index (χ3n) is 12.3. The smallest absolute Gasteiger partial charge is 0.387 e. The number of fused-ring (bicyclic) bond motifs is 3. The third-order valence-corrected chi connectivity index (χ3v) is 15.9. The Balaban J connectivity index is 0.000000215. The second-order valence-electron chi connectivity index (χ2n) is 18.2. The number of ether oxygens (including phenoxy) is 3. The number of hydrogen-bond acceptors (Lipinski definition) is 12. The van der Waals surface area contributed by atoms with Gasteiger partial charge in [0.25, 0.3) is 0 Å². The molecule has 16 nitrogen and oxygen atoms in total. The number of nitrogens with zero attached hydrogens (tertiary/aromatic N) is 6. The Labute approximate surface area is 512 Å². The van der Waals surface area contributed by atoms with E-state index in [-0.39, 0.29) is 28.8 Å². The number of alkyl halides is 6. The first-order chi connectivity index (χ1) is 40.8. The average Bonchev–Trinajstić information content (AvgIpc) is 1.87. The van der Waals surface area contributed by atoms with Crippen LogP contribution >= 0.6 is 33.3 Å². The summed E-state index contributed by atoms with van der Waals surface area (Å²) in [6.45, 7) is 2.36. The Bertz CT molecular complexity index is 4090. The number of benzene rings is 6. The number of nitrogen functional groups attached to an aromatic ring is 2. The van der Waals surface area contributed by atoms with Gasteiger partial charge in [-0.25, -0.2) is 16.8 Å². The fourth-order valence-corrected chi connectivity index (χ4v) is 11.3. The molecule has 0 aliphatic carbocycles. The van der Waals surface area contributed by atoms with E-state index < -0.39 is 38.9 Å². The van der Waals surface area contributed by atoms with Gasteiger partial charge < -0.3 is 39.4 Å². The Morgan fingerprint density at radius 3 is 1.28 bits per heavy atom. The van der Waals surface area contributed by atoms with Gasteiger partial charge >= 0.3 is 19.8 Å². The minimum absolute atomic E-state index is 0.0152. The first kappa shape index (κ1) is 68.5. The maximum Gasteiger partial charge on any atom is 0.387 e. The molecular formula is C60H59ClF6IN9O7S2. The van der Waals surface area contributed by atoms with Crippen LogP contribution in [0.3, 0.4) is 0 Å². The van der Waals surface area contributed by atoms with E-state index in [1.807, 2.05) is 70.9 Å². The minimum Gasteiger partial charge on any atom is -0.435 e. The number of hydrogen-bond donors (Lipinski definition) is 3. The molecule has 0 atom stereocenters. The zero-order chi connectivity index (χ0) is 63.5. The quantitative estimate of drug-likeness (QED) is 0.0333. The van der Waals surface area contributed by atoms with Crippen LogP contribution in [0.25, 0.3) is 55.2 Å². The van der Waals surface area contributed by atoms with Gasteiger partial charge in [0.1, 0.15) is 35.5 Å². The summed E-state index contributed by atoms with van der Waals surface area (Å²) in [5.74, 6) is 0.291. The summed E-state index contributed by atoms with van der Waals surface area (Å²) in [5, 5.41) is 30.4. The number of nitrogens with two attached hydrogens (primary N) is 2. The lowest BCUT2D eigenvalue weighted by molar-refractivity contribution is -0.0504. The van der Waals surface area contributed by atoms with Crippen molar-refractivity contribution in [3.05, 3.63) is 154 Å². The molecule has 0 aliphatic rings. The number of rotatable bonds is 17. The Morgan fingerprint density at radius 1 is 0.547 bits per heavy atom. The van der Waals surface area contributed by atoms with Crippen LogP contribution in [-0.4, -0.2) is 61.9 Å². The zero-order valence-electron chi connectivity index (χ0n) is 46.9. The Kier molecular flexibility index (Phi) is 25.3. The predicted octanol–water partition coefficient (Wildman–Crippen LogP) is 15.3. The number of nitriles is 3. The SMILES string of the molecule is CCCS(=O)(=O)Cl.CCCS(=O)(=O)Nc1ccc(-c2c(C#N)c3ccc(OC(F)F)cc3n2CC)cc1.CCn1c(-c2ccc(N)cc2)c(C#N)c2ccc(OC(F)F)cc21.CCn1cc(C#N)c2ccc(OC(F)F)cc21.Nc1ccc(I)cc1. The van der Waals surface area contributed by atoms with E-state index in [4.69, 9.17) is 27.4 Å². The molecular weight excluding hydrogens is 1300 g/mol. The number of nitrogens with one attached hydrogen (secondary N) is 1. The van der Waals surface area contributed by atoms with E-state index in [1.165, 1.54) is 40.0 Å². The van der Waals surface area contributed by atoms with Gasteiger partial charge in [-0.15, -0.1) is 0 Å². The molecule has 86 heavy (non-hydrogen) atoms. The molecule has 6 aromatic carbocycles. The second-order valence-corrected chi connectivity index (χ2v) is 24.2. The van der Waals surface area contributed by atoms with Crippen molar-refractivity contribution in [2.24, 2.45) is 0 Å². The number of halogens is 8. The van der Waals surface area contributed by atoms with Crippen molar-refractivity contribution in [3.63, 3.8) is 0 Å². The molecule has 0 amide bonds. The normalized spacial score (nSPS) is 11.0. The maximum absolute atomic E-state index is 12.6. The number of aromatic nitrogens is 3. The van der Waals surface area contributed by atoms with Crippen molar-refractivity contribution in [1.82, 2.24) is 13.7 Å². The molecule has 3 aromatic heterocycles. The molecule has 9 aromatic rings. The van der Waals surface area contributed by atoms with Crippen LogP contribution in [0.5, 0.6) is 17.2 Å². The zero-order valence-corrected chi connectivity index (χ0v) is 51.5. The van der Waals surface area contributed by atoms with Crippen molar-refractivity contribution in [2.45, 2.75) is 86.9 Å². The molecule has 0 aliphatic heterocycles. The average molecular weight is 1360 g/mol. The molecule has 0 unspecified atom stereocenters. The Morgan fingerprint density at radius 2 is 0.942 bits per heavy atom. The lowest BCUT2D eigenvalue weighted by atomic mass is 10.1. The molecule has 0 saturated carbocycles. The first-order valence-corrected chi connectivity index (χ1v) is 31.5. The molecule has 5 N–H and O–H groups in total. The molecule has 0 spiro atoms. The van der Waals surface area contributed by atoms with Crippen LogP contribution < -0.4 is 30.4 Å². The molecule has 3 heterocycles. The highest BCUT2D eigenvalue weighted by Gasteiger charge is 2.22. The van der Waals surface area contributed by atoms with Crippen molar-refractivity contribution in [1.29, 1.82) is 15.8 Å². The Hall–Kier alpha value is -8.29. The summed E-state index contributed by atoms with van der Waals surface area (Å²) in [6.07, 6.45) is 2.80. The van der Waals surface area contributed by atoms with E-state index in [0.29, 0.717) is 93.6 Å². The van der Waals surface area contributed by atoms with Gasteiger partial charge in [-0.3, -0.25) is 4.72 Å². The number of aryl methyl sites for hydroxylation is 3. The van der Waals surface area contributed by atoms with Gasteiger partial charge in [-0.2, -0.15) is 42.1 Å². The van der Waals surface area contributed by atoms with Crippen LogP contribution in [0.1, 0.15) is 64.2 Å². The lowest BCUT2D eigenvalue weighted by Gasteiger charge is -2.11. The second kappa shape index (κ2) is 31.7. The lowest BCUT2D eigenvalue weighted by Crippen LogP contribution is -2.15.